The number of ether oxygens (including phenoxy) is 2. The maximum Gasteiger partial charge on any atom is 0.322 e. The summed E-state index contributed by atoms with van der Waals surface area (Å²) in [7, 11) is 0. The summed E-state index contributed by atoms with van der Waals surface area (Å²) in [5.41, 5.74) is 1.42. The van der Waals surface area contributed by atoms with E-state index in [9.17, 15) is 13.6 Å². The average molecular weight is 463 g/mol. The molecule has 1 saturated heterocycles. The summed E-state index contributed by atoms with van der Waals surface area (Å²) in [5.74, 6) is -0.887. The number of amides is 2. The van der Waals surface area contributed by atoms with Crippen molar-refractivity contribution in [2.45, 2.75) is 12.6 Å². The van der Waals surface area contributed by atoms with Crippen LogP contribution in [0.25, 0.3) is 0 Å². The zero-order valence-corrected chi connectivity index (χ0v) is 17.8. The summed E-state index contributed by atoms with van der Waals surface area (Å²) < 4.78 is 39.7. The topological polar surface area (TPSA) is 68.6 Å². The fourth-order valence-electron chi connectivity index (χ4n) is 3.30. The molecule has 3 aromatic rings. The fraction of sp³-hybridized carbons (Fsp3) is 0.273. The largest absolute Gasteiger partial charge is 0.486 e. The molecule has 1 aliphatic heterocycles. The maximum atomic E-state index is 13.9. The third-order valence-corrected chi connectivity index (χ3v) is 5.20. The highest BCUT2D eigenvalue weighted by molar-refractivity contribution is 6.32. The Morgan fingerprint density at radius 1 is 1.25 bits per heavy atom. The van der Waals surface area contributed by atoms with Crippen LogP contribution in [0.3, 0.4) is 0 Å². The van der Waals surface area contributed by atoms with Gasteiger partial charge in [0.2, 0.25) is 0 Å². The number of nitrogens with zero attached hydrogens (tertiary/aromatic N) is 3. The van der Waals surface area contributed by atoms with Gasteiger partial charge in [0.1, 0.15) is 18.5 Å². The van der Waals surface area contributed by atoms with Crippen LogP contribution in [-0.2, 0) is 11.3 Å². The van der Waals surface area contributed by atoms with Crippen molar-refractivity contribution >= 4 is 23.3 Å². The Kier molecular flexibility index (Phi) is 6.87. The molecule has 1 fully saturated rings. The smallest absolute Gasteiger partial charge is 0.322 e. The van der Waals surface area contributed by atoms with Gasteiger partial charge in [-0.2, -0.15) is 5.10 Å². The number of para-hydroxylation sites is 1. The molecule has 0 spiro atoms. The van der Waals surface area contributed by atoms with Gasteiger partial charge in [0.25, 0.3) is 0 Å². The van der Waals surface area contributed by atoms with Gasteiger partial charge in [-0.1, -0.05) is 29.8 Å². The number of rotatable bonds is 6. The molecule has 2 aromatic carbocycles. The molecule has 1 aliphatic rings. The van der Waals surface area contributed by atoms with E-state index in [1.807, 2.05) is 0 Å². The van der Waals surface area contributed by atoms with Gasteiger partial charge in [-0.25, -0.2) is 13.6 Å². The Hall–Kier alpha value is -3.17. The zero-order valence-electron chi connectivity index (χ0n) is 17.0. The molecule has 10 heteroatoms. The number of aromatic nitrogens is 2. The number of hydrogen-bond donors (Lipinski definition) is 1. The first-order valence-electron chi connectivity index (χ1n) is 9.99. The Balaban J connectivity index is 1.29. The lowest BCUT2D eigenvalue weighted by Gasteiger charge is -2.32. The monoisotopic (exact) mass is 462 g/mol. The molecule has 1 atom stereocenters. The van der Waals surface area contributed by atoms with Crippen molar-refractivity contribution in [3.63, 3.8) is 0 Å². The highest BCUT2D eigenvalue weighted by Crippen LogP contribution is 2.27. The summed E-state index contributed by atoms with van der Waals surface area (Å²) in [4.78, 5) is 14.3. The molecule has 168 valence electrons. The summed E-state index contributed by atoms with van der Waals surface area (Å²) in [5, 5.41) is 7.20. The normalized spacial score (nSPS) is 16.1. The van der Waals surface area contributed by atoms with Gasteiger partial charge in [-0.15, -0.1) is 0 Å². The SMILES string of the molecule is O=C(Nc1cnn(Cc2ccc(F)cc2)c1)N1CCOC(COc2c(F)cccc2Cl)C1. The summed E-state index contributed by atoms with van der Waals surface area (Å²) in [6, 6.07) is 10.1. The Morgan fingerprint density at radius 2 is 2.06 bits per heavy atom. The van der Waals surface area contributed by atoms with Crippen molar-refractivity contribution in [3.05, 3.63) is 77.1 Å². The molecule has 1 aromatic heterocycles. The number of hydrogen-bond acceptors (Lipinski definition) is 4. The van der Waals surface area contributed by atoms with Crippen molar-refractivity contribution in [1.29, 1.82) is 0 Å². The van der Waals surface area contributed by atoms with E-state index in [0.717, 1.165) is 5.56 Å². The Morgan fingerprint density at radius 3 is 2.84 bits per heavy atom. The lowest BCUT2D eigenvalue weighted by molar-refractivity contribution is -0.0341. The number of benzene rings is 2. The van der Waals surface area contributed by atoms with Crippen LogP contribution in [0.5, 0.6) is 5.75 Å². The number of anilines is 1. The van der Waals surface area contributed by atoms with Crippen molar-refractivity contribution in [2.24, 2.45) is 0 Å². The van der Waals surface area contributed by atoms with Gasteiger partial charge >= 0.3 is 6.03 Å². The van der Waals surface area contributed by atoms with Crippen molar-refractivity contribution in [2.75, 3.05) is 31.6 Å². The van der Waals surface area contributed by atoms with Gasteiger partial charge in [-0.05, 0) is 29.8 Å². The molecule has 1 N–H and O–H groups in total. The molecule has 1 unspecified atom stereocenters. The van der Waals surface area contributed by atoms with Crippen molar-refractivity contribution in [3.8, 4) is 5.75 Å². The first-order valence-corrected chi connectivity index (χ1v) is 10.4. The number of morpholine rings is 1. The second-order valence-electron chi connectivity index (χ2n) is 7.28. The van der Waals surface area contributed by atoms with Gasteiger partial charge in [-0.3, -0.25) is 4.68 Å². The van der Waals surface area contributed by atoms with Crippen LogP contribution < -0.4 is 10.1 Å². The molecule has 4 rings (SSSR count). The first-order chi connectivity index (χ1) is 15.5. The van der Waals surface area contributed by atoms with E-state index in [4.69, 9.17) is 21.1 Å². The number of carbonyl (C=O) groups excluding carboxylic acids is 1. The standard InChI is InChI=1S/C22H21ClF2N4O3/c23-19-2-1-3-20(25)21(19)32-14-18-13-28(8-9-31-18)22(30)27-17-10-26-29(12-17)11-15-4-6-16(24)7-5-15/h1-7,10,12,18H,8-9,11,13-14H2,(H,27,30). The number of halogens is 3. The molecular formula is C22H21ClF2N4O3. The summed E-state index contributed by atoms with van der Waals surface area (Å²) in [6.45, 7) is 1.52. The minimum Gasteiger partial charge on any atom is -0.486 e. The predicted octanol–water partition coefficient (Wildman–Crippen LogP) is 4.17. The molecule has 7 nitrogen and oxygen atoms in total. The lowest BCUT2D eigenvalue weighted by Crippen LogP contribution is -2.49. The van der Waals surface area contributed by atoms with Crippen LogP contribution in [-0.4, -0.2) is 53.1 Å². The average Bonchev–Trinajstić information content (AvgIpc) is 3.22. The van der Waals surface area contributed by atoms with E-state index in [0.29, 0.717) is 25.4 Å². The van der Waals surface area contributed by atoms with Crippen molar-refractivity contribution < 1.29 is 23.0 Å². The Bertz CT molecular complexity index is 1060. The second-order valence-corrected chi connectivity index (χ2v) is 7.69. The Labute approximate surface area is 188 Å². The van der Waals surface area contributed by atoms with Crippen molar-refractivity contribution in [1.82, 2.24) is 14.7 Å². The summed E-state index contributed by atoms with van der Waals surface area (Å²) in [6.07, 6.45) is 2.82. The van der Waals surface area contributed by atoms with Gasteiger partial charge in [0.15, 0.2) is 11.6 Å². The van der Waals surface area contributed by atoms with Crippen LogP contribution in [0.15, 0.2) is 54.9 Å². The van der Waals surface area contributed by atoms with E-state index >= 15 is 0 Å². The highest BCUT2D eigenvalue weighted by atomic mass is 35.5. The molecule has 0 saturated carbocycles. The molecular weight excluding hydrogens is 442 g/mol. The number of nitrogens with one attached hydrogen (secondary N) is 1. The van der Waals surface area contributed by atoms with E-state index in [2.05, 4.69) is 10.4 Å². The minimum absolute atomic E-state index is 0.0343. The lowest BCUT2D eigenvalue weighted by atomic mass is 10.2. The zero-order chi connectivity index (χ0) is 22.5. The molecule has 32 heavy (non-hydrogen) atoms. The number of urea groups is 1. The van der Waals surface area contributed by atoms with Crippen LogP contribution in [0.2, 0.25) is 5.02 Å². The first kappa shape index (κ1) is 22.0. The number of carbonyl (C=O) groups is 1. The van der Waals surface area contributed by atoms with E-state index in [-0.39, 0.29) is 35.8 Å². The highest BCUT2D eigenvalue weighted by Gasteiger charge is 2.25. The molecule has 0 radical (unpaired) electrons. The van der Waals surface area contributed by atoms with Crippen LogP contribution in [0.1, 0.15) is 5.56 Å². The van der Waals surface area contributed by atoms with E-state index < -0.39 is 11.9 Å². The van der Waals surface area contributed by atoms with Crippen LogP contribution >= 0.6 is 11.6 Å². The van der Waals surface area contributed by atoms with E-state index in [1.54, 1.807) is 34.1 Å². The quantitative estimate of drug-likeness (QED) is 0.597. The summed E-state index contributed by atoms with van der Waals surface area (Å²) >= 11 is 5.97. The molecule has 2 amide bonds. The third kappa shape index (κ3) is 5.54. The maximum absolute atomic E-state index is 13.9. The van der Waals surface area contributed by atoms with Gasteiger partial charge in [0, 0.05) is 12.7 Å². The van der Waals surface area contributed by atoms with Crippen LogP contribution in [0.4, 0.5) is 19.3 Å². The molecule has 0 aliphatic carbocycles. The minimum atomic E-state index is -0.555. The third-order valence-electron chi connectivity index (χ3n) is 4.90. The van der Waals surface area contributed by atoms with Crippen LogP contribution in [0, 0.1) is 11.6 Å². The predicted molar refractivity (Wildman–Crippen MR) is 115 cm³/mol. The second kappa shape index (κ2) is 9.97. The molecule has 0 bridgehead atoms. The van der Waals surface area contributed by atoms with Gasteiger partial charge in [0.05, 0.1) is 36.6 Å². The fourth-order valence-corrected chi connectivity index (χ4v) is 3.51. The van der Waals surface area contributed by atoms with Gasteiger partial charge < -0.3 is 19.7 Å². The molecule has 2 heterocycles. The van der Waals surface area contributed by atoms with E-state index in [1.165, 1.54) is 30.3 Å².